The van der Waals surface area contributed by atoms with Gasteiger partial charge in [0.25, 0.3) is 5.91 Å². The van der Waals surface area contributed by atoms with E-state index in [2.05, 4.69) is 15.6 Å². The molecular formula is C31H27N3O3S. The number of oxazole rings is 1. The molecule has 0 aliphatic heterocycles. The van der Waals surface area contributed by atoms with Crippen molar-refractivity contribution in [2.24, 2.45) is 0 Å². The van der Waals surface area contributed by atoms with Crippen molar-refractivity contribution in [3.63, 3.8) is 0 Å². The van der Waals surface area contributed by atoms with E-state index >= 15 is 0 Å². The Morgan fingerprint density at radius 2 is 1.63 bits per heavy atom. The van der Waals surface area contributed by atoms with Gasteiger partial charge in [0.1, 0.15) is 5.52 Å². The molecule has 2 N–H and O–H groups in total. The molecule has 1 atom stereocenters. The van der Waals surface area contributed by atoms with Gasteiger partial charge in [-0.05, 0) is 79.6 Å². The fraction of sp³-hybridized carbons (Fsp3) is 0.129. The van der Waals surface area contributed by atoms with Gasteiger partial charge >= 0.3 is 0 Å². The minimum absolute atomic E-state index is 0.0820. The normalized spacial score (nSPS) is 11.7. The van der Waals surface area contributed by atoms with E-state index in [0.717, 1.165) is 27.1 Å². The van der Waals surface area contributed by atoms with Crippen LogP contribution in [0, 0.1) is 6.92 Å². The zero-order chi connectivity index (χ0) is 26.5. The zero-order valence-corrected chi connectivity index (χ0v) is 21.9. The third kappa shape index (κ3) is 5.79. The fourth-order valence-corrected chi connectivity index (χ4v) is 5.09. The second-order valence-electron chi connectivity index (χ2n) is 8.86. The van der Waals surface area contributed by atoms with Gasteiger partial charge in [-0.2, -0.15) is 0 Å². The van der Waals surface area contributed by atoms with Gasteiger partial charge in [0.15, 0.2) is 5.58 Å². The maximum atomic E-state index is 13.1. The van der Waals surface area contributed by atoms with Gasteiger partial charge < -0.3 is 15.1 Å². The SMILES string of the molecule is CCC(Sc1cccc(NC(=O)c2ccccc2C)c1)C(=O)Nc1ccc(-c2nc3ccccc3o2)cc1. The summed E-state index contributed by atoms with van der Waals surface area (Å²) in [5.41, 5.74) is 5.33. The maximum Gasteiger partial charge on any atom is 0.255 e. The van der Waals surface area contributed by atoms with Gasteiger partial charge in [0.2, 0.25) is 11.8 Å². The molecule has 0 spiro atoms. The first-order chi connectivity index (χ1) is 18.5. The Hall–Kier alpha value is -4.36. The number of carbonyl (C=O) groups is 2. The third-order valence-corrected chi connectivity index (χ3v) is 7.47. The Morgan fingerprint density at radius 1 is 0.868 bits per heavy atom. The summed E-state index contributed by atoms with van der Waals surface area (Å²) in [6, 6.07) is 30.1. The second-order valence-corrected chi connectivity index (χ2v) is 10.1. The monoisotopic (exact) mass is 521 g/mol. The van der Waals surface area contributed by atoms with E-state index in [1.165, 1.54) is 11.8 Å². The van der Waals surface area contributed by atoms with Crippen molar-refractivity contribution in [1.82, 2.24) is 4.98 Å². The summed E-state index contributed by atoms with van der Waals surface area (Å²) >= 11 is 1.47. The van der Waals surface area contributed by atoms with Crippen molar-refractivity contribution < 1.29 is 14.0 Å². The summed E-state index contributed by atoms with van der Waals surface area (Å²) in [7, 11) is 0. The molecule has 0 aliphatic carbocycles. The van der Waals surface area contributed by atoms with Crippen molar-refractivity contribution >= 4 is 46.1 Å². The molecule has 1 unspecified atom stereocenters. The molecule has 0 saturated carbocycles. The number of amides is 2. The van der Waals surface area contributed by atoms with Crippen molar-refractivity contribution in [2.75, 3.05) is 10.6 Å². The summed E-state index contributed by atoms with van der Waals surface area (Å²) in [4.78, 5) is 31.2. The van der Waals surface area contributed by atoms with Gasteiger partial charge in [-0.1, -0.05) is 43.3 Å². The van der Waals surface area contributed by atoms with Gasteiger partial charge in [0.05, 0.1) is 5.25 Å². The average molecular weight is 522 g/mol. The smallest absolute Gasteiger partial charge is 0.255 e. The van der Waals surface area contributed by atoms with E-state index in [-0.39, 0.29) is 17.1 Å². The van der Waals surface area contributed by atoms with E-state index in [9.17, 15) is 9.59 Å². The molecule has 0 aliphatic rings. The lowest BCUT2D eigenvalue weighted by Crippen LogP contribution is -2.24. The number of nitrogens with zero attached hydrogens (tertiary/aromatic N) is 1. The molecule has 0 bridgehead atoms. The number of benzene rings is 4. The standard InChI is InChI=1S/C31H27N3O3S/c1-3-28(38-24-11-8-10-23(19-24)33-29(35)25-12-5-4-9-20(25)2)30(36)32-22-17-15-21(16-18-22)31-34-26-13-6-7-14-27(26)37-31/h4-19,28H,3H2,1-2H3,(H,32,36)(H,33,35). The molecule has 38 heavy (non-hydrogen) atoms. The summed E-state index contributed by atoms with van der Waals surface area (Å²) < 4.78 is 5.83. The zero-order valence-electron chi connectivity index (χ0n) is 21.1. The van der Waals surface area contributed by atoms with Crippen LogP contribution in [0.1, 0.15) is 29.3 Å². The number of hydrogen-bond donors (Lipinski definition) is 2. The number of fused-ring (bicyclic) bond motifs is 1. The third-order valence-electron chi connectivity index (χ3n) is 6.12. The van der Waals surface area contributed by atoms with Crippen LogP contribution in [-0.4, -0.2) is 22.0 Å². The first-order valence-corrected chi connectivity index (χ1v) is 13.3. The number of aryl methyl sites for hydroxylation is 1. The molecule has 5 aromatic rings. The number of aromatic nitrogens is 1. The number of hydrogen-bond acceptors (Lipinski definition) is 5. The average Bonchev–Trinajstić information content (AvgIpc) is 3.37. The van der Waals surface area contributed by atoms with E-state index in [1.807, 2.05) is 105 Å². The molecule has 6 nitrogen and oxygen atoms in total. The van der Waals surface area contributed by atoms with Gasteiger partial charge in [-0.15, -0.1) is 11.8 Å². The van der Waals surface area contributed by atoms with Crippen LogP contribution < -0.4 is 10.6 Å². The molecule has 7 heteroatoms. The van der Waals surface area contributed by atoms with E-state index in [0.29, 0.717) is 29.2 Å². The number of para-hydroxylation sites is 2. The number of carbonyl (C=O) groups excluding carboxylic acids is 2. The fourth-order valence-electron chi connectivity index (χ4n) is 4.07. The highest BCUT2D eigenvalue weighted by atomic mass is 32.2. The highest BCUT2D eigenvalue weighted by Crippen LogP contribution is 2.30. The first kappa shape index (κ1) is 25.3. The number of nitrogens with one attached hydrogen (secondary N) is 2. The molecule has 190 valence electrons. The van der Waals surface area contributed by atoms with Gasteiger partial charge in [-0.3, -0.25) is 9.59 Å². The van der Waals surface area contributed by atoms with E-state index < -0.39 is 0 Å². The molecule has 0 fully saturated rings. The predicted molar refractivity (Wildman–Crippen MR) is 154 cm³/mol. The molecule has 0 saturated heterocycles. The number of rotatable bonds is 8. The number of anilines is 2. The predicted octanol–water partition coefficient (Wildman–Crippen LogP) is 7.56. The minimum atomic E-state index is -0.297. The van der Waals surface area contributed by atoms with Crippen LogP contribution in [-0.2, 0) is 4.79 Å². The van der Waals surface area contributed by atoms with Crippen LogP contribution in [0.15, 0.2) is 106 Å². The molecule has 4 aromatic carbocycles. The van der Waals surface area contributed by atoms with E-state index in [4.69, 9.17) is 4.42 Å². The molecular weight excluding hydrogens is 494 g/mol. The Bertz CT molecular complexity index is 1560. The minimum Gasteiger partial charge on any atom is -0.436 e. The number of thioether (sulfide) groups is 1. The van der Waals surface area contributed by atoms with Crippen LogP contribution in [0.2, 0.25) is 0 Å². The van der Waals surface area contributed by atoms with Gasteiger partial charge in [0, 0.05) is 27.4 Å². The first-order valence-electron chi connectivity index (χ1n) is 12.4. The topological polar surface area (TPSA) is 84.2 Å². The lowest BCUT2D eigenvalue weighted by molar-refractivity contribution is -0.115. The maximum absolute atomic E-state index is 13.1. The summed E-state index contributed by atoms with van der Waals surface area (Å²) in [5, 5.41) is 5.68. The van der Waals surface area contributed by atoms with Crippen LogP contribution >= 0.6 is 11.8 Å². The van der Waals surface area contributed by atoms with Crippen LogP contribution in [0.5, 0.6) is 0 Å². The second kappa shape index (κ2) is 11.4. The van der Waals surface area contributed by atoms with Crippen molar-refractivity contribution in [1.29, 1.82) is 0 Å². The van der Waals surface area contributed by atoms with Gasteiger partial charge in [-0.25, -0.2) is 4.98 Å². The Morgan fingerprint density at radius 3 is 2.39 bits per heavy atom. The summed E-state index contributed by atoms with van der Waals surface area (Å²) in [6.07, 6.45) is 0.650. The Balaban J connectivity index is 1.22. The highest BCUT2D eigenvalue weighted by Gasteiger charge is 2.19. The lowest BCUT2D eigenvalue weighted by atomic mass is 10.1. The molecule has 0 radical (unpaired) electrons. The summed E-state index contributed by atoms with van der Waals surface area (Å²) in [6.45, 7) is 3.90. The van der Waals surface area contributed by atoms with E-state index in [1.54, 1.807) is 6.07 Å². The Kier molecular flexibility index (Phi) is 7.56. The van der Waals surface area contributed by atoms with Crippen molar-refractivity contribution in [2.45, 2.75) is 30.4 Å². The molecule has 1 aromatic heterocycles. The van der Waals surface area contributed by atoms with Crippen LogP contribution in [0.25, 0.3) is 22.6 Å². The molecule has 5 rings (SSSR count). The van der Waals surface area contributed by atoms with Crippen LogP contribution in [0.3, 0.4) is 0 Å². The quantitative estimate of drug-likeness (QED) is 0.206. The van der Waals surface area contributed by atoms with Crippen molar-refractivity contribution in [3.05, 3.63) is 108 Å². The van der Waals surface area contributed by atoms with Crippen LogP contribution in [0.4, 0.5) is 11.4 Å². The largest absolute Gasteiger partial charge is 0.436 e. The lowest BCUT2D eigenvalue weighted by Gasteiger charge is -2.16. The highest BCUT2D eigenvalue weighted by molar-refractivity contribution is 8.00. The molecule has 2 amide bonds. The Labute approximate surface area is 225 Å². The molecule has 1 heterocycles. The summed E-state index contributed by atoms with van der Waals surface area (Å²) in [5.74, 6) is 0.304. The van der Waals surface area contributed by atoms with Crippen molar-refractivity contribution in [3.8, 4) is 11.5 Å².